The molecule has 25 heavy (non-hydrogen) atoms. The summed E-state index contributed by atoms with van der Waals surface area (Å²) in [5.74, 6) is 1.12. The van der Waals surface area contributed by atoms with Crippen molar-refractivity contribution >= 4 is 45.7 Å². The van der Waals surface area contributed by atoms with Crippen LogP contribution in [0.25, 0.3) is 11.8 Å². The van der Waals surface area contributed by atoms with E-state index in [-0.39, 0.29) is 5.75 Å². The van der Waals surface area contributed by atoms with Crippen LogP contribution in [-0.4, -0.2) is 16.1 Å². The van der Waals surface area contributed by atoms with Gasteiger partial charge in [-0.05, 0) is 35.9 Å². The van der Waals surface area contributed by atoms with Gasteiger partial charge >= 0.3 is 0 Å². The number of rotatable bonds is 3. The molecule has 3 aromatic rings. The summed E-state index contributed by atoms with van der Waals surface area (Å²) in [6, 6.07) is 16.8. The number of thiazole rings is 1. The topological polar surface area (TPSA) is 95.6 Å². The number of fused-ring (bicyclic) bond motifs is 1. The van der Waals surface area contributed by atoms with Crippen molar-refractivity contribution in [2.75, 3.05) is 5.32 Å². The van der Waals surface area contributed by atoms with Crippen LogP contribution in [0.5, 0.6) is 5.75 Å². The molecular formula is C18H15N5OS. The third kappa shape index (κ3) is 3.31. The number of phenolic OH excluding ortho intramolecular Hbond substituents is 1. The van der Waals surface area contributed by atoms with Gasteiger partial charge in [-0.1, -0.05) is 41.7 Å². The Bertz CT molecular complexity index is 961. The number of aliphatic imine (C=N–C) groups is 1. The van der Waals surface area contributed by atoms with Crippen molar-refractivity contribution < 1.29 is 5.11 Å². The highest BCUT2D eigenvalue weighted by molar-refractivity contribution is 7.17. The molecule has 1 aliphatic heterocycles. The van der Waals surface area contributed by atoms with Gasteiger partial charge in [0.25, 0.3) is 0 Å². The third-order valence-electron chi connectivity index (χ3n) is 3.57. The van der Waals surface area contributed by atoms with Gasteiger partial charge in [-0.15, -0.1) is 0 Å². The number of benzene rings is 2. The van der Waals surface area contributed by atoms with Gasteiger partial charge in [0.1, 0.15) is 5.75 Å². The van der Waals surface area contributed by atoms with E-state index in [2.05, 4.69) is 20.6 Å². The van der Waals surface area contributed by atoms with Crippen molar-refractivity contribution in [3.05, 3.63) is 65.0 Å². The van der Waals surface area contributed by atoms with Crippen molar-refractivity contribution in [2.24, 2.45) is 10.7 Å². The second-order valence-corrected chi connectivity index (χ2v) is 6.43. The molecule has 0 amide bonds. The number of nitrogens with zero attached hydrogens (tertiary/aromatic N) is 2. The molecule has 0 saturated carbocycles. The Hall–Kier alpha value is -3.32. The van der Waals surface area contributed by atoms with Crippen LogP contribution in [0.1, 0.15) is 10.4 Å². The van der Waals surface area contributed by atoms with E-state index in [1.54, 1.807) is 12.1 Å². The van der Waals surface area contributed by atoms with E-state index in [9.17, 15) is 5.11 Å². The maximum absolute atomic E-state index is 9.41. The fraction of sp³-hybridized carbons (Fsp3) is 0. The first-order valence-corrected chi connectivity index (χ1v) is 8.44. The summed E-state index contributed by atoms with van der Waals surface area (Å²) in [4.78, 5) is 9.70. The predicted octanol–water partition coefficient (Wildman–Crippen LogP) is 3.64. The number of hydrogen-bond donors (Lipinski definition) is 4. The van der Waals surface area contributed by atoms with Crippen LogP contribution in [-0.2, 0) is 0 Å². The summed E-state index contributed by atoms with van der Waals surface area (Å²) in [6.45, 7) is 0. The molecule has 0 fully saturated rings. The van der Waals surface area contributed by atoms with Crippen molar-refractivity contribution in [2.45, 2.75) is 0 Å². The Morgan fingerprint density at radius 3 is 2.60 bits per heavy atom. The number of nitrogens with two attached hydrogens (primary N) is 1. The minimum Gasteiger partial charge on any atom is -0.508 e. The minimum absolute atomic E-state index is 0.229. The maximum atomic E-state index is 9.41. The molecule has 1 aliphatic rings. The number of nitrogens with one attached hydrogen (secondary N) is 2. The molecule has 2 heterocycles. The first-order valence-electron chi connectivity index (χ1n) is 7.62. The molecule has 0 unspecified atom stereocenters. The van der Waals surface area contributed by atoms with Gasteiger partial charge in [0, 0.05) is 5.69 Å². The monoisotopic (exact) mass is 349 g/mol. The molecule has 0 bridgehead atoms. The predicted molar refractivity (Wildman–Crippen MR) is 102 cm³/mol. The first-order chi connectivity index (χ1) is 12.2. The summed E-state index contributed by atoms with van der Waals surface area (Å²) in [5, 5.41) is 16.5. The lowest BCUT2D eigenvalue weighted by Crippen LogP contribution is -2.31. The Kier molecular flexibility index (Phi) is 3.83. The lowest BCUT2D eigenvalue weighted by molar-refractivity contribution is 0.475. The maximum Gasteiger partial charge on any atom is 0.199 e. The molecule has 0 atom stereocenters. The van der Waals surface area contributed by atoms with E-state index in [4.69, 9.17) is 5.73 Å². The van der Waals surface area contributed by atoms with Crippen molar-refractivity contribution in [1.29, 1.82) is 0 Å². The summed E-state index contributed by atoms with van der Waals surface area (Å²) in [5.41, 5.74) is 8.61. The largest absolute Gasteiger partial charge is 0.508 e. The molecule has 6 nitrogen and oxygen atoms in total. The Morgan fingerprint density at radius 1 is 1.08 bits per heavy atom. The highest BCUT2D eigenvalue weighted by atomic mass is 32.1. The second kappa shape index (κ2) is 6.29. The van der Waals surface area contributed by atoms with E-state index in [1.165, 1.54) is 11.3 Å². The zero-order valence-electron chi connectivity index (χ0n) is 13.1. The minimum atomic E-state index is 0.229. The number of aromatic hydroxyl groups is 1. The number of anilines is 2. The molecule has 7 heteroatoms. The lowest BCUT2D eigenvalue weighted by Gasteiger charge is -2.13. The average Bonchev–Trinajstić information content (AvgIpc) is 3.00. The SMILES string of the molecule is NC1=Nc2nc(Nc3ccccc3)sc2C(=Cc2ccc(O)cc2)N1. The molecule has 5 N–H and O–H groups in total. The normalized spacial score (nSPS) is 14.6. The highest BCUT2D eigenvalue weighted by Gasteiger charge is 2.20. The van der Waals surface area contributed by atoms with Gasteiger partial charge in [0.15, 0.2) is 16.9 Å². The number of guanidine groups is 1. The quantitative estimate of drug-likeness (QED) is 0.579. The average molecular weight is 349 g/mol. The Balaban J connectivity index is 1.69. The van der Waals surface area contributed by atoms with Gasteiger partial charge in [0.05, 0.1) is 10.6 Å². The first kappa shape index (κ1) is 15.2. The van der Waals surface area contributed by atoms with E-state index in [1.807, 2.05) is 48.5 Å². The number of aromatic nitrogens is 1. The zero-order valence-corrected chi connectivity index (χ0v) is 13.9. The van der Waals surface area contributed by atoms with E-state index in [0.717, 1.165) is 27.0 Å². The summed E-state index contributed by atoms with van der Waals surface area (Å²) in [7, 11) is 0. The summed E-state index contributed by atoms with van der Waals surface area (Å²) >= 11 is 1.50. The smallest absolute Gasteiger partial charge is 0.199 e. The zero-order chi connectivity index (χ0) is 17.2. The molecule has 124 valence electrons. The number of phenols is 1. The van der Waals surface area contributed by atoms with Crippen molar-refractivity contribution in [3.8, 4) is 5.75 Å². The third-order valence-corrected chi connectivity index (χ3v) is 4.57. The van der Waals surface area contributed by atoms with Gasteiger partial charge in [0.2, 0.25) is 0 Å². The van der Waals surface area contributed by atoms with Crippen LogP contribution in [0.2, 0.25) is 0 Å². The fourth-order valence-electron chi connectivity index (χ4n) is 2.44. The standard InChI is InChI=1S/C18H15N5OS/c19-17-21-14(10-11-6-8-13(24)9-7-11)15-16(22-17)23-18(25-15)20-12-4-2-1-3-5-12/h1-10,24H,(H,20,23)(H3,19,21,22). The fourth-order valence-corrected chi connectivity index (χ4v) is 3.33. The molecule has 1 aromatic heterocycles. The highest BCUT2D eigenvalue weighted by Crippen LogP contribution is 2.37. The molecular weight excluding hydrogens is 334 g/mol. The Morgan fingerprint density at radius 2 is 1.84 bits per heavy atom. The van der Waals surface area contributed by atoms with Gasteiger partial charge in [-0.25, -0.2) is 0 Å². The number of hydrogen-bond acceptors (Lipinski definition) is 7. The molecule has 0 saturated heterocycles. The van der Waals surface area contributed by atoms with Crippen molar-refractivity contribution in [1.82, 2.24) is 10.3 Å². The summed E-state index contributed by atoms with van der Waals surface area (Å²) in [6.07, 6.45) is 1.95. The van der Waals surface area contributed by atoms with Crippen molar-refractivity contribution in [3.63, 3.8) is 0 Å². The molecule has 0 radical (unpaired) electrons. The van der Waals surface area contributed by atoms with Crippen LogP contribution in [0.15, 0.2) is 59.6 Å². The Labute approximate surface area is 148 Å². The molecule has 0 aliphatic carbocycles. The molecule has 4 rings (SSSR count). The van der Waals surface area contributed by atoms with Crippen LogP contribution < -0.4 is 16.4 Å². The van der Waals surface area contributed by atoms with Gasteiger partial charge in [-0.3, -0.25) is 0 Å². The van der Waals surface area contributed by atoms with E-state index in [0.29, 0.717) is 11.8 Å². The van der Waals surface area contributed by atoms with Crippen LogP contribution >= 0.6 is 11.3 Å². The molecule has 2 aromatic carbocycles. The van der Waals surface area contributed by atoms with Crippen LogP contribution in [0.4, 0.5) is 16.6 Å². The van der Waals surface area contributed by atoms with Crippen LogP contribution in [0.3, 0.4) is 0 Å². The number of para-hydroxylation sites is 1. The molecule has 0 spiro atoms. The van der Waals surface area contributed by atoms with E-state index < -0.39 is 0 Å². The second-order valence-electron chi connectivity index (χ2n) is 5.43. The van der Waals surface area contributed by atoms with Gasteiger partial charge in [-0.2, -0.15) is 9.98 Å². The van der Waals surface area contributed by atoms with E-state index >= 15 is 0 Å². The van der Waals surface area contributed by atoms with Gasteiger partial charge < -0.3 is 21.5 Å². The van der Waals surface area contributed by atoms with Crippen LogP contribution in [0, 0.1) is 0 Å². The summed E-state index contributed by atoms with van der Waals surface area (Å²) < 4.78 is 0. The lowest BCUT2D eigenvalue weighted by atomic mass is 10.1.